The first-order valence-electron chi connectivity index (χ1n) is 10.8. The average Bonchev–Trinajstić information content (AvgIpc) is 3.30. The zero-order valence-corrected chi connectivity index (χ0v) is 18.2. The number of aromatic nitrogens is 1. The summed E-state index contributed by atoms with van der Waals surface area (Å²) in [5.74, 6) is 0. The Hall–Kier alpha value is -2.84. The number of pyridine rings is 1. The van der Waals surface area contributed by atoms with Crippen molar-refractivity contribution in [2.24, 2.45) is 0 Å². The molecule has 2 saturated heterocycles. The summed E-state index contributed by atoms with van der Waals surface area (Å²) in [6.07, 6.45) is 3.74. The van der Waals surface area contributed by atoms with E-state index in [2.05, 4.69) is 55.1 Å². The van der Waals surface area contributed by atoms with Crippen LogP contribution in [0.1, 0.15) is 12.8 Å². The number of nitrogens with zero attached hydrogens (tertiary/aromatic N) is 3. The number of benzene rings is 1. The Morgan fingerprint density at radius 2 is 1.77 bits per heavy atom. The summed E-state index contributed by atoms with van der Waals surface area (Å²) in [7, 11) is 0. The van der Waals surface area contributed by atoms with Crippen molar-refractivity contribution in [3.63, 3.8) is 0 Å². The maximum Gasteiger partial charge on any atom is 0.319 e. The fraction of sp³-hybridized carbons (Fsp3) is 0.391. The predicted molar refractivity (Wildman–Crippen MR) is 126 cm³/mol. The third-order valence-electron chi connectivity index (χ3n) is 6.00. The number of carbonyl (C=O) groups is 1. The number of amides is 2. The van der Waals surface area contributed by atoms with Gasteiger partial charge >= 0.3 is 6.03 Å². The van der Waals surface area contributed by atoms with Crippen molar-refractivity contribution < 1.29 is 9.53 Å². The van der Waals surface area contributed by atoms with E-state index >= 15 is 0 Å². The van der Waals surface area contributed by atoms with Crippen LogP contribution in [0.15, 0.2) is 48.0 Å². The molecule has 2 fully saturated rings. The molecule has 2 aliphatic heterocycles. The lowest BCUT2D eigenvalue weighted by Crippen LogP contribution is -2.46. The van der Waals surface area contributed by atoms with Crippen molar-refractivity contribution >= 4 is 44.6 Å². The van der Waals surface area contributed by atoms with Gasteiger partial charge in [-0.15, -0.1) is 11.3 Å². The number of nitrogens with one attached hydrogen (secondary N) is 2. The van der Waals surface area contributed by atoms with Crippen LogP contribution in [0.4, 0.5) is 21.9 Å². The maximum atomic E-state index is 12.5. The van der Waals surface area contributed by atoms with Crippen LogP contribution in [0, 0.1) is 0 Å². The van der Waals surface area contributed by atoms with E-state index in [0.717, 1.165) is 69.1 Å². The number of hydrogen-bond donors (Lipinski definition) is 2. The summed E-state index contributed by atoms with van der Waals surface area (Å²) in [6, 6.07) is 12.2. The molecule has 5 rings (SSSR count). The molecule has 8 heteroatoms. The second kappa shape index (κ2) is 9.11. The predicted octanol–water partition coefficient (Wildman–Crippen LogP) is 3.92. The number of piperidine rings is 1. The maximum absolute atomic E-state index is 12.5. The Bertz CT molecular complexity index is 1020. The highest BCUT2D eigenvalue weighted by atomic mass is 32.1. The number of carbonyl (C=O) groups excluding carboxylic acids is 1. The Balaban J connectivity index is 1.12. The molecule has 2 N–H and O–H groups in total. The number of morpholine rings is 1. The lowest BCUT2D eigenvalue weighted by Gasteiger charge is -2.34. The van der Waals surface area contributed by atoms with Gasteiger partial charge in [-0.25, -0.2) is 4.79 Å². The van der Waals surface area contributed by atoms with Gasteiger partial charge in [0, 0.05) is 49.8 Å². The number of urea groups is 1. The van der Waals surface area contributed by atoms with Crippen LogP contribution in [0.3, 0.4) is 0 Å². The molecular weight excluding hydrogens is 410 g/mol. The molecule has 4 heterocycles. The second-order valence-corrected chi connectivity index (χ2v) is 8.89. The molecule has 0 bridgehead atoms. The standard InChI is InChI=1S/C23H27N5O2S/c29-23(25-17-1-3-19(4-2-17)27-12-14-30-15-13-27)26-18-6-10-28(11-7-18)21-5-9-24-20-8-16-31-22(20)21/h1-5,8-9,16,18H,6-7,10-15H2,(H2,25,26,29). The first kappa shape index (κ1) is 20.1. The monoisotopic (exact) mass is 437 g/mol. The third-order valence-corrected chi connectivity index (χ3v) is 6.92. The molecule has 1 aromatic carbocycles. The molecule has 0 atom stereocenters. The van der Waals surface area contributed by atoms with Gasteiger partial charge in [-0.3, -0.25) is 4.98 Å². The summed E-state index contributed by atoms with van der Waals surface area (Å²) in [4.78, 5) is 21.6. The number of hydrogen-bond acceptors (Lipinski definition) is 6. The minimum absolute atomic E-state index is 0.137. The first-order chi connectivity index (χ1) is 15.3. The molecule has 31 heavy (non-hydrogen) atoms. The van der Waals surface area contributed by atoms with Gasteiger partial charge in [-0.2, -0.15) is 0 Å². The van der Waals surface area contributed by atoms with E-state index in [4.69, 9.17) is 4.74 Å². The highest BCUT2D eigenvalue weighted by Crippen LogP contribution is 2.31. The van der Waals surface area contributed by atoms with Crippen LogP contribution >= 0.6 is 11.3 Å². The van der Waals surface area contributed by atoms with E-state index in [1.165, 1.54) is 10.4 Å². The largest absolute Gasteiger partial charge is 0.378 e. The fourth-order valence-corrected chi connectivity index (χ4v) is 5.20. The number of thiophene rings is 1. The van der Waals surface area contributed by atoms with Crippen LogP contribution in [0.5, 0.6) is 0 Å². The molecule has 7 nitrogen and oxygen atoms in total. The lowest BCUT2D eigenvalue weighted by molar-refractivity contribution is 0.122. The van der Waals surface area contributed by atoms with E-state index in [-0.39, 0.29) is 12.1 Å². The number of fused-ring (bicyclic) bond motifs is 1. The van der Waals surface area contributed by atoms with Crippen LogP contribution in [0.2, 0.25) is 0 Å². The van der Waals surface area contributed by atoms with Crippen LogP contribution < -0.4 is 20.4 Å². The second-order valence-electron chi connectivity index (χ2n) is 7.97. The molecule has 0 unspecified atom stereocenters. The summed E-state index contributed by atoms with van der Waals surface area (Å²) >= 11 is 1.74. The summed E-state index contributed by atoms with van der Waals surface area (Å²) in [6.45, 7) is 5.19. The quantitative estimate of drug-likeness (QED) is 0.647. The smallest absolute Gasteiger partial charge is 0.319 e. The number of ether oxygens (including phenoxy) is 1. The van der Waals surface area contributed by atoms with Gasteiger partial charge in [0.15, 0.2) is 0 Å². The van der Waals surface area contributed by atoms with Crippen LogP contribution in [0.25, 0.3) is 10.2 Å². The summed E-state index contributed by atoms with van der Waals surface area (Å²) in [5.41, 5.74) is 4.28. The van der Waals surface area contributed by atoms with Gasteiger partial charge < -0.3 is 25.2 Å². The van der Waals surface area contributed by atoms with E-state index in [1.807, 2.05) is 18.3 Å². The summed E-state index contributed by atoms with van der Waals surface area (Å²) < 4.78 is 6.65. The molecule has 2 aromatic heterocycles. The third kappa shape index (κ3) is 4.60. The van der Waals surface area contributed by atoms with Gasteiger partial charge in [0.25, 0.3) is 0 Å². The Labute approximate surface area is 186 Å². The zero-order chi connectivity index (χ0) is 21.0. The molecule has 162 valence electrons. The van der Waals surface area contributed by atoms with Gasteiger partial charge in [0.1, 0.15) is 0 Å². The van der Waals surface area contributed by atoms with Gasteiger partial charge in [-0.1, -0.05) is 0 Å². The molecule has 2 amide bonds. The Morgan fingerprint density at radius 3 is 2.55 bits per heavy atom. The average molecular weight is 438 g/mol. The highest BCUT2D eigenvalue weighted by molar-refractivity contribution is 7.17. The minimum atomic E-state index is -0.137. The van der Waals surface area contributed by atoms with Gasteiger partial charge in [-0.05, 0) is 54.6 Å². The van der Waals surface area contributed by atoms with E-state index < -0.39 is 0 Å². The zero-order valence-electron chi connectivity index (χ0n) is 17.4. The molecule has 2 aliphatic rings. The van der Waals surface area contributed by atoms with Crippen molar-refractivity contribution in [2.45, 2.75) is 18.9 Å². The van der Waals surface area contributed by atoms with Crippen molar-refractivity contribution in [1.82, 2.24) is 10.3 Å². The molecular formula is C23H27N5O2S. The molecule has 0 aliphatic carbocycles. The summed E-state index contributed by atoms with van der Waals surface area (Å²) in [5, 5.41) is 8.20. The number of rotatable bonds is 4. The van der Waals surface area contributed by atoms with Crippen LogP contribution in [-0.2, 0) is 4.74 Å². The number of anilines is 3. The Morgan fingerprint density at radius 1 is 1.00 bits per heavy atom. The molecule has 0 saturated carbocycles. The van der Waals surface area contributed by atoms with Crippen molar-refractivity contribution in [3.05, 3.63) is 48.0 Å². The van der Waals surface area contributed by atoms with E-state index in [0.29, 0.717) is 0 Å². The van der Waals surface area contributed by atoms with E-state index in [1.54, 1.807) is 11.3 Å². The van der Waals surface area contributed by atoms with Crippen molar-refractivity contribution in [3.8, 4) is 0 Å². The molecule has 3 aromatic rings. The normalized spacial score (nSPS) is 17.7. The lowest BCUT2D eigenvalue weighted by atomic mass is 10.0. The van der Waals surface area contributed by atoms with E-state index in [9.17, 15) is 4.79 Å². The van der Waals surface area contributed by atoms with Crippen molar-refractivity contribution in [1.29, 1.82) is 0 Å². The molecule has 0 spiro atoms. The first-order valence-corrected chi connectivity index (χ1v) is 11.7. The highest BCUT2D eigenvalue weighted by Gasteiger charge is 2.22. The Kier molecular flexibility index (Phi) is 5.90. The van der Waals surface area contributed by atoms with Gasteiger partial charge in [0.05, 0.1) is 29.1 Å². The topological polar surface area (TPSA) is 69.7 Å². The van der Waals surface area contributed by atoms with Gasteiger partial charge in [0.2, 0.25) is 0 Å². The SMILES string of the molecule is O=C(Nc1ccc(N2CCOCC2)cc1)NC1CCN(c2ccnc3ccsc23)CC1. The minimum Gasteiger partial charge on any atom is -0.378 e. The fourth-order valence-electron chi connectivity index (χ4n) is 4.30. The van der Waals surface area contributed by atoms with Crippen molar-refractivity contribution in [2.75, 3.05) is 54.5 Å². The van der Waals surface area contributed by atoms with Crippen LogP contribution in [-0.4, -0.2) is 56.4 Å². The molecule has 0 radical (unpaired) electrons.